The number of anilines is 2. The van der Waals surface area contributed by atoms with E-state index in [1.54, 1.807) is 0 Å². The molecule has 0 bridgehead atoms. The lowest BCUT2D eigenvalue weighted by Gasteiger charge is -2.07. The topological polar surface area (TPSA) is 63.8 Å². The van der Waals surface area contributed by atoms with Crippen molar-refractivity contribution in [2.75, 3.05) is 17.6 Å². The fourth-order valence-electron chi connectivity index (χ4n) is 0.657. The van der Waals surface area contributed by atoms with Gasteiger partial charge in [0.05, 0.1) is 12.4 Å². The highest BCUT2D eigenvalue weighted by molar-refractivity contribution is 5.38. The number of nitrogen functional groups attached to an aromatic ring is 1. The molecule has 0 amide bonds. The SMILES string of the molecule is Nc1cncc(NCC(F)(F)F)n1. The first-order valence-corrected chi connectivity index (χ1v) is 3.35. The molecule has 13 heavy (non-hydrogen) atoms. The fourth-order valence-corrected chi connectivity index (χ4v) is 0.657. The van der Waals surface area contributed by atoms with Gasteiger partial charge < -0.3 is 11.1 Å². The van der Waals surface area contributed by atoms with Gasteiger partial charge in [0.25, 0.3) is 0 Å². The van der Waals surface area contributed by atoms with Crippen LogP contribution in [0.25, 0.3) is 0 Å². The Morgan fingerprint density at radius 2 is 2.08 bits per heavy atom. The van der Waals surface area contributed by atoms with E-state index in [2.05, 4.69) is 9.97 Å². The second kappa shape index (κ2) is 3.46. The fraction of sp³-hybridized carbons (Fsp3) is 0.333. The van der Waals surface area contributed by atoms with Crippen molar-refractivity contribution >= 4 is 11.6 Å². The second-order valence-electron chi connectivity index (χ2n) is 2.30. The van der Waals surface area contributed by atoms with Gasteiger partial charge in [-0.25, -0.2) is 4.98 Å². The first kappa shape index (κ1) is 9.56. The van der Waals surface area contributed by atoms with E-state index in [0.29, 0.717) is 0 Å². The zero-order valence-electron chi connectivity index (χ0n) is 6.47. The Labute approximate surface area is 72.0 Å². The van der Waals surface area contributed by atoms with Gasteiger partial charge in [0, 0.05) is 0 Å². The van der Waals surface area contributed by atoms with E-state index in [1.807, 2.05) is 5.32 Å². The average Bonchev–Trinajstić information content (AvgIpc) is 2.00. The summed E-state index contributed by atoms with van der Waals surface area (Å²) in [5, 5.41) is 2.05. The molecule has 0 unspecified atom stereocenters. The van der Waals surface area contributed by atoms with Gasteiger partial charge in [0.1, 0.15) is 18.2 Å². The van der Waals surface area contributed by atoms with E-state index in [1.165, 1.54) is 12.4 Å². The highest BCUT2D eigenvalue weighted by Gasteiger charge is 2.26. The van der Waals surface area contributed by atoms with Gasteiger partial charge >= 0.3 is 6.18 Å². The molecule has 4 nitrogen and oxygen atoms in total. The summed E-state index contributed by atoms with van der Waals surface area (Å²) in [6, 6.07) is 0. The van der Waals surface area contributed by atoms with E-state index in [4.69, 9.17) is 5.73 Å². The molecule has 1 rings (SSSR count). The highest BCUT2D eigenvalue weighted by atomic mass is 19.4. The Kier molecular flexibility index (Phi) is 2.54. The Hall–Kier alpha value is -1.53. The van der Waals surface area contributed by atoms with Crippen LogP contribution in [0.1, 0.15) is 0 Å². The standard InChI is InChI=1S/C6H7F3N4/c7-6(8,9)3-12-5-2-11-1-4(10)13-5/h1-2H,3H2,(H3,10,12,13). The first-order valence-electron chi connectivity index (χ1n) is 3.35. The molecule has 0 spiro atoms. The number of hydrogen-bond donors (Lipinski definition) is 2. The molecule has 7 heteroatoms. The predicted molar refractivity (Wildman–Crippen MR) is 41.0 cm³/mol. The zero-order chi connectivity index (χ0) is 9.90. The molecule has 0 atom stereocenters. The van der Waals surface area contributed by atoms with Crippen LogP contribution in [0.4, 0.5) is 24.8 Å². The van der Waals surface area contributed by atoms with Crippen LogP contribution in [0.5, 0.6) is 0 Å². The second-order valence-corrected chi connectivity index (χ2v) is 2.30. The average molecular weight is 192 g/mol. The number of alkyl halides is 3. The van der Waals surface area contributed by atoms with Crippen LogP contribution in [0.2, 0.25) is 0 Å². The summed E-state index contributed by atoms with van der Waals surface area (Å²) in [6.45, 7) is -1.15. The summed E-state index contributed by atoms with van der Waals surface area (Å²) in [6.07, 6.45) is -1.85. The number of nitrogens with zero attached hydrogens (tertiary/aromatic N) is 2. The number of rotatable bonds is 2. The number of nitrogens with one attached hydrogen (secondary N) is 1. The smallest absolute Gasteiger partial charge is 0.382 e. The lowest BCUT2D eigenvalue weighted by atomic mass is 10.5. The number of halogens is 3. The van der Waals surface area contributed by atoms with Gasteiger partial charge in [-0.2, -0.15) is 13.2 Å². The van der Waals surface area contributed by atoms with Gasteiger partial charge in [0.2, 0.25) is 0 Å². The van der Waals surface area contributed by atoms with Crippen LogP contribution in [-0.2, 0) is 0 Å². The molecule has 0 aromatic carbocycles. The quantitative estimate of drug-likeness (QED) is 0.734. The molecule has 0 aliphatic rings. The third kappa shape index (κ3) is 3.59. The minimum Gasteiger partial charge on any atom is -0.382 e. The molecule has 0 aliphatic heterocycles. The lowest BCUT2D eigenvalue weighted by molar-refractivity contribution is -0.115. The summed E-state index contributed by atoms with van der Waals surface area (Å²) >= 11 is 0. The largest absolute Gasteiger partial charge is 0.405 e. The maximum Gasteiger partial charge on any atom is 0.405 e. The number of hydrogen-bond acceptors (Lipinski definition) is 4. The van der Waals surface area contributed by atoms with E-state index in [-0.39, 0.29) is 11.6 Å². The summed E-state index contributed by atoms with van der Waals surface area (Å²) in [7, 11) is 0. The van der Waals surface area contributed by atoms with E-state index < -0.39 is 12.7 Å². The molecule has 72 valence electrons. The Morgan fingerprint density at radius 1 is 1.38 bits per heavy atom. The van der Waals surface area contributed by atoms with Crippen LogP contribution >= 0.6 is 0 Å². The van der Waals surface area contributed by atoms with E-state index >= 15 is 0 Å². The molecule has 1 aromatic rings. The normalized spacial score (nSPS) is 11.3. The van der Waals surface area contributed by atoms with Gasteiger partial charge in [0.15, 0.2) is 0 Å². The molecule has 3 N–H and O–H groups in total. The van der Waals surface area contributed by atoms with Crippen LogP contribution in [0.15, 0.2) is 12.4 Å². The molecule has 0 aliphatic carbocycles. The van der Waals surface area contributed by atoms with Crippen molar-refractivity contribution in [2.24, 2.45) is 0 Å². The van der Waals surface area contributed by atoms with Crippen molar-refractivity contribution in [2.45, 2.75) is 6.18 Å². The van der Waals surface area contributed by atoms with Gasteiger partial charge in [-0.05, 0) is 0 Å². The monoisotopic (exact) mass is 192 g/mol. The zero-order valence-corrected chi connectivity index (χ0v) is 6.47. The van der Waals surface area contributed by atoms with Crippen molar-refractivity contribution < 1.29 is 13.2 Å². The van der Waals surface area contributed by atoms with Crippen molar-refractivity contribution in [3.05, 3.63) is 12.4 Å². The molecule has 1 heterocycles. The molecular weight excluding hydrogens is 185 g/mol. The summed E-state index contributed by atoms with van der Waals surface area (Å²) < 4.78 is 35.1. The maximum atomic E-state index is 11.7. The first-order chi connectivity index (χ1) is 5.97. The third-order valence-electron chi connectivity index (χ3n) is 1.12. The van der Waals surface area contributed by atoms with E-state index in [0.717, 1.165) is 0 Å². The molecule has 0 saturated carbocycles. The highest BCUT2D eigenvalue weighted by Crippen LogP contribution is 2.15. The van der Waals surface area contributed by atoms with Crippen LogP contribution in [0.3, 0.4) is 0 Å². The Balaban J connectivity index is 2.55. The summed E-state index contributed by atoms with van der Waals surface area (Å²) in [5.74, 6) is 0.0875. The molecule has 1 aromatic heterocycles. The number of aromatic nitrogens is 2. The van der Waals surface area contributed by atoms with Crippen molar-refractivity contribution in [3.63, 3.8) is 0 Å². The van der Waals surface area contributed by atoms with Gasteiger partial charge in [-0.3, -0.25) is 4.98 Å². The van der Waals surface area contributed by atoms with E-state index in [9.17, 15) is 13.2 Å². The Morgan fingerprint density at radius 3 is 2.62 bits per heavy atom. The molecule has 0 fully saturated rings. The minimum absolute atomic E-state index is 0.0114. The van der Waals surface area contributed by atoms with Gasteiger partial charge in [-0.15, -0.1) is 0 Å². The van der Waals surface area contributed by atoms with Crippen molar-refractivity contribution in [3.8, 4) is 0 Å². The van der Waals surface area contributed by atoms with Crippen LogP contribution in [0, 0.1) is 0 Å². The summed E-state index contributed by atoms with van der Waals surface area (Å²) in [4.78, 5) is 7.15. The minimum atomic E-state index is -4.27. The number of nitrogens with two attached hydrogens (primary N) is 1. The summed E-state index contributed by atoms with van der Waals surface area (Å²) in [5.41, 5.74) is 5.20. The lowest BCUT2D eigenvalue weighted by Crippen LogP contribution is -2.21. The Bertz CT molecular complexity index is 285. The molecule has 0 saturated heterocycles. The van der Waals surface area contributed by atoms with Crippen LogP contribution in [-0.4, -0.2) is 22.7 Å². The predicted octanol–water partition coefficient (Wildman–Crippen LogP) is 1.03. The van der Waals surface area contributed by atoms with Crippen molar-refractivity contribution in [1.29, 1.82) is 0 Å². The third-order valence-corrected chi connectivity index (χ3v) is 1.12. The molecule has 0 radical (unpaired) electrons. The van der Waals surface area contributed by atoms with Crippen molar-refractivity contribution in [1.82, 2.24) is 9.97 Å². The van der Waals surface area contributed by atoms with Gasteiger partial charge in [-0.1, -0.05) is 0 Å². The maximum absolute atomic E-state index is 11.7. The van der Waals surface area contributed by atoms with Crippen LogP contribution < -0.4 is 11.1 Å². The molecular formula is C6H7F3N4.